The maximum atomic E-state index is 11.8. The Hall–Kier alpha value is -0.880. The molecule has 5 nitrogen and oxygen atoms in total. The Labute approximate surface area is 98.6 Å². The van der Waals surface area contributed by atoms with E-state index >= 15 is 0 Å². The van der Waals surface area contributed by atoms with Crippen molar-refractivity contribution >= 4 is 17.5 Å². The van der Waals surface area contributed by atoms with Crippen LogP contribution in [-0.4, -0.2) is 39.5 Å². The molecule has 0 saturated carbocycles. The average molecular weight is 241 g/mol. The molecular weight excluding hydrogens is 226 g/mol. The summed E-state index contributed by atoms with van der Waals surface area (Å²) in [6.07, 6.45) is 0.858. The van der Waals surface area contributed by atoms with E-state index in [2.05, 4.69) is 10.2 Å². The first-order valence-electron chi connectivity index (χ1n) is 5.27. The highest BCUT2D eigenvalue weighted by molar-refractivity contribution is 7.99. The molecule has 0 radical (unpaired) electrons. The zero-order valence-electron chi connectivity index (χ0n) is 9.47. The lowest BCUT2D eigenvalue weighted by Gasteiger charge is -2.05. The van der Waals surface area contributed by atoms with Crippen LogP contribution < -0.4 is 0 Å². The van der Waals surface area contributed by atoms with Gasteiger partial charge in [0.1, 0.15) is 11.6 Å². The molecular formula is C10H15N3O2S. The van der Waals surface area contributed by atoms with E-state index in [9.17, 15) is 4.79 Å². The van der Waals surface area contributed by atoms with Crippen molar-refractivity contribution in [2.75, 3.05) is 19.0 Å². The van der Waals surface area contributed by atoms with Gasteiger partial charge in [-0.1, -0.05) is 11.8 Å². The molecule has 1 aromatic heterocycles. The van der Waals surface area contributed by atoms with Crippen molar-refractivity contribution in [2.24, 2.45) is 13.0 Å². The molecule has 0 aromatic carbocycles. The summed E-state index contributed by atoms with van der Waals surface area (Å²) in [6.45, 7) is 3.19. The van der Waals surface area contributed by atoms with E-state index < -0.39 is 0 Å². The molecule has 88 valence electrons. The molecule has 1 aliphatic rings. The monoisotopic (exact) mass is 241 g/mol. The van der Waals surface area contributed by atoms with Gasteiger partial charge in [0, 0.05) is 19.6 Å². The summed E-state index contributed by atoms with van der Waals surface area (Å²) in [5, 5.41) is 8.75. The number of carbonyl (C=O) groups excluding carboxylic acids is 1. The van der Waals surface area contributed by atoms with Crippen LogP contribution in [0.3, 0.4) is 0 Å². The highest BCUT2D eigenvalue weighted by Crippen LogP contribution is 2.20. The Balaban J connectivity index is 1.87. The topological polar surface area (TPSA) is 57.0 Å². The highest BCUT2D eigenvalue weighted by Gasteiger charge is 2.23. The van der Waals surface area contributed by atoms with Crippen molar-refractivity contribution in [1.29, 1.82) is 0 Å². The summed E-state index contributed by atoms with van der Waals surface area (Å²) in [4.78, 5) is 11.8. The molecule has 1 aliphatic heterocycles. The number of Topliss-reactive ketones (excluding diaryl/α,β-unsaturated/α-hetero) is 1. The summed E-state index contributed by atoms with van der Waals surface area (Å²) < 4.78 is 7.09. The lowest BCUT2D eigenvalue weighted by atomic mass is 10.1. The van der Waals surface area contributed by atoms with Crippen LogP contribution in [0.15, 0.2) is 5.16 Å². The van der Waals surface area contributed by atoms with Gasteiger partial charge in [0.2, 0.25) is 0 Å². The Morgan fingerprint density at radius 3 is 3.00 bits per heavy atom. The number of carbonyl (C=O) groups is 1. The number of rotatable bonds is 4. The Kier molecular flexibility index (Phi) is 3.60. The second-order valence-corrected chi connectivity index (χ2v) is 4.85. The highest BCUT2D eigenvalue weighted by atomic mass is 32.2. The van der Waals surface area contributed by atoms with Gasteiger partial charge in [-0.25, -0.2) is 0 Å². The van der Waals surface area contributed by atoms with Crippen molar-refractivity contribution in [3.63, 3.8) is 0 Å². The van der Waals surface area contributed by atoms with E-state index in [0.29, 0.717) is 19.0 Å². The normalized spacial score (nSPS) is 20.2. The van der Waals surface area contributed by atoms with Crippen LogP contribution in [0.5, 0.6) is 0 Å². The smallest absolute Gasteiger partial charge is 0.191 e. The number of ketones is 1. The fourth-order valence-corrected chi connectivity index (χ4v) is 2.49. The molecule has 0 amide bonds. The number of nitrogens with zero attached hydrogens (tertiary/aromatic N) is 3. The number of aryl methyl sites for hydroxylation is 1. The molecule has 0 spiro atoms. The van der Waals surface area contributed by atoms with E-state index in [1.54, 1.807) is 0 Å². The zero-order valence-corrected chi connectivity index (χ0v) is 10.3. The van der Waals surface area contributed by atoms with Gasteiger partial charge in [0.25, 0.3) is 0 Å². The van der Waals surface area contributed by atoms with E-state index in [0.717, 1.165) is 17.4 Å². The average Bonchev–Trinajstić information content (AvgIpc) is 2.89. The minimum Gasteiger partial charge on any atom is -0.381 e. The summed E-state index contributed by atoms with van der Waals surface area (Å²) in [7, 11) is 1.90. The van der Waals surface area contributed by atoms with Crippen LogP contribution >= 0.6 is 11.8 Å². The number of thioether (sulfide) groups is 1. The Morgan fingerprint density at radius 2 is 2.44 bits per heavy atom. The van der Waals surface area contributed by atoms with Crippen molar-refractivity contribution in [3.8, 4) is 0 Å². The molecule has 0 N–H and O–H groups in total. The first kappa shape index (κ1) is 11.6. The lowest BCUT2D eigenvalue weighted by molar-refractivity contribution is -0.120. The van der Waals surface area contributed by atoms with Crippen LogP contribution in [0.25, 0.3) is 0 Å². The van der Waals surface area contributed by atoms with Gasteiger partial charge in [0.15, 0.2) is 5.16 Å². The standard InChI is InChI=1S/C10H15N3O2S/c1-7-11-12-10(13(7)2)16-6-9(14)8-3-4-15-5-8/h8H,3-6H2,1-2H3. The van der Waals surface area contributed by atoms with E-state index in [4.69, 9.17) is 4.74 Å². The van der Waals surface area contributed by atoms with Crippen LogP contribution in [-0.2, 0) is 16.6 Å². The maximum absolute atomic E-state index is 11.8. The number of hydrogen-bond donors (Lipinski definition) is 0. The molecule has 0 aliphatic carbocycles. The number of ether oxygens (including phenoxy) is 1. The predicted octanol–water partition coefficient (Wildman–Crippen LogP) is 0.821. The van der Waals surface area contributed by atoms with Crippen LogP contribution in [0.2, 0.25) is 0 Å². The van der Waals surface area contributed by atoms with Gasteiger partial charge in [-0.2, -0.15) is 0 Å². The minimum atomic E-state index is 0.0850. The van der Waals surface area contributed by atoms with E-state index in [1.165, 1.54) is 11.8 Å². The van der Waals surface area contributed by atoms with Crippen LogP contribution in [0.1, 0.15) is 12.2 Å². The van der Waals surface area contributed by atoms with E-state index in [1.807, 2.05) is 18.5 Å². The quantitative estimate of drug-likeness (QED) is 0.730. The Bertz CT molecular complexity index is 385. The third kappa shape index (κ3) is 2.44. The molecule has 1 aromatic rings. The van der Waals surface area contributed by atoms with Crippen molar-refractivity contribution in [3.05, 3.63) is 5.82 Å². The minimum absolute atomic E-state index is 0.0850. The fourth-order valence-electron chi connectivity index (χ4n) is 1.56. The fraction of sp³-hybridized carbons (Fsp3) is 0.700. The molecule has 1 fully saturated rings. The van der Waals surface area contributed by atoms with Crippen LogP contribution in [0, 0.1) is 12.8 Å². The summed E-state index contributed by atoms with van der Waals surface area (Å²) in [5.41, 5.74) is 0. The second-order valence-electron chi connectivity index (χ2n) is 3.90. The van der Waals surface area contributed by atoms with Crippen molar-refractivity contribution in [1.82, 2.24) is 14.8 Å². The lowest BCUT2D eigenvalue weighted by Crippen LogP contribution is -2.16. The molecule has 1 unspecified atom stereocenters. The molecule has 0 bridgehead atoms. The predicted molar refractivity (Wildman–Crippen MR) is 60.4 cm³/mol. The SMILES string of the molecule is Cc1nnc(SCC(=O)C2CCOC2)n1C. The summed E-state index contributed by atoms with van der Waals surface area (Å²) in [5.74, 6) is 1.66. The molecule has 2 heterocycles. The molecule has 6 heteroatoms. The van der Waals surface area contributed by atoms with Crippen molar-refractivity contribution < 1.29 is 9.53 Å². The van der Waals surface area contributed by atoms with Crippen LogP contribution in [0.4, 0.5) is 0 Å². The van der Waals surface area contributed by atoms with Gasteiger partial charge >= 0.3 is 0 Å². The first-order valence-corrected chi connectivity index (χ1v) is 6.26. The zero-order chi connectivity index (χ0) is 11.5. The summed E-state index contributed by atoms with van der Waals surface area (Å²) >= 11 is 1.45. The maximum Gasteiger partial charge on any atom is 0.191 e. The second kappa shape index (κ2) is 4.97. The first-order chi connectivity index (χ1) is 7.68. The molecule has 2 rings (SSSR count). The molecule has 16 heavy (non-hydrogen) atoms. The third-order valence-electron chi connectivity index (χ3n) is 2.78. The van der Waals surface area contributed by atoms with E-state index in [-0.39, 0.29) is 11.7 Å². The van der Waals surface area contributed by atoms with Gasteiger partial charge < -0.3 is 9.30 Å². The van der Waals surface area contributed by atoms with Gasteiger partial charge in [-0.15, -0.1) is 10.2 Å². The largest absolute Gasteiger partial charge is 0.381 e. The number of hydrogen-bond acceptors (Lipinski definition) is 5. The van der Waals surface area contributed by atoms with Crippen molar-refractivity contribution in [2.45, 2.75) is 18.5 Å². The molecule has 1 atom stereocenters. The van der Waals surface area contributed by atoms with Gasteiger partial charge in [-0.05, 0) is 13.3 Å². The van der Waals surface area contributed by atoms with Gasteiger partial charge in [0.05, 0.1) is 12.4 Å². The third-order valence-corrected chi connectivity index (χ3v) is 3.82. The number of aromatic nitrogens is 3. The Morgan fingerprint density at radius 1 is 1.62 bits per heavy atom. The summed E-state index contributed by atoms with van der Waals surface area (Å²) in [6, 6.07) is 0. The van der Waals surface area contributed by atoms with Gasteiger partial charge in [-0.3, -0.25) is 4.79 Å². The molecule has 1 saturated heterocycles.